The molecular formula is C16H23ClFN3O2S. The molecule has 2 amide bonds. The summed E-state index contributed by atoms with van der Waals surface area (Å²) in [4.78, 5) is 26.0. The van der Waals surface area contributed by atoms with Gasteiger partial charge in [0.2, 0.25) is 11.8 Å². The molecule has 8 heteroatoms. The maximum atomic E-state index is 12.8. The molecule has 1 fully saturated rings. The van der Waals surface area contributed by atoms with Gasteiger partial charge in [0.15, 0.2) is 0 Å². The molecule has 1 heterocycles. The first-order valence-electron chi connectivity index (χ1n) is 7.65. The van der Waals surface area contributed by atoms with Crippen LogP contribution in [0.25, 0.3) is 0 Å². The Hall–Kier alpha value is -1.31. The number of anilines is 1. The lowest BCUT2D eigenvalue weighted by Gasteiger charge is -2.20. The third-order valence-electron chi connectivity index (χ3n) is 3.87. The van der Waals surface area contributed by atoms with Gasteiger partial charge in [0.25, 0.3) is 0 Å². The fourth-order valence-corrected chi connectivity index (χ4v) is 3.25. The van der Waals surface area contributed by atoms with Crippen molar-refractivity contribution in [2.45, 2.75) is 18.6 Å². The zero-order chi connectivity index (χ0) is 16.8. The molecule has 24 heavy (non-hydrogen) atoms. The van der Waals surface area contributed by atoms with E-state index >= 15 is 0 Å². The van der Waals surface area contributed by atoms with Crippen LogP contribution in [0, 0.1) is 11.7 Å². The van der Waals surface area contributed by atoms with Crippen molar-refractivity contribution in [3.8, 4) is 0 Å². The normalized spacial score (nSPS) is 18.0. The van der Waals surface area contributed by atoms with Crippen LogP contribution in [-0.2, 0) is 9.59 Å². The molecule has 0 bridgehead atoms. The standard InChI is InChI=1S/C16H22FN3O2S.ClH/c1-11(16(22)20-7-6-12(8-18)9-20)23-10-15(21)19-14-4-2-13(17)3-5-14;/h2-5,11-12H,6-10,18H2,1H3,(H,19,21);1H. The van der Waals surface area contributed by atoms with Gasteiger partial charge in [-0.15, -0.1) is 24.2 Å². The van der Waals surface area contributed by atoms with Crippen molar-refractivity contribution >= 4 is 41.7 Å². The molecule has 3 N–H and O–H groups in total. The van der Waals surface area contributed by atoms with E-state index in [1.54, 1.807) is 0 Å². The quantitative estimate of drug-likeness (QED) is 0.798. The maximum absolute atomic E-state index is 12.8. The lowest BCUT2D eigenvalue weighted by atomic mass is 10.1. The van der Waals surface area contributed by atoms with Crippen LogP contribution in [0.15, 0.2) is 24.3 Å². The molecule has 2 unspecified atom stereocenters. The van der Waals surface area contributed by atoms with Crippen molar-refractivity contribution in [2.24, 2.45) is 11.7 Å². The Labute approximate surface area is 151 Å². The molecule has 2 rings (SSSR count). The van der Waals surface area contributed by atoms with Crippen molar-refractivity contribution < 1.29 is 14.0 Å². The molecule has 0 spiro atoms. The molecule has 5 nitrogen and oxygen atoms in total. The van der Waals surface area contributed by atoms with Gasteiger partial charge >= 0.3 is 0 Å². The van der Waals surface area contributed by atoms with Crippen molar-refractivity contribution in [1.82, 2.24) is 4.90 Å². The van der Waals surface area contributed by atoms with Gasteiger partial charge in [-0.05, 0) is 50.1 Å². The monoisotopic (exact) mass is 375 g/mol. The molecular weight excluding hydrogens is 353 g/mol. The Morgan fingerprint density at radius 1 is 1.42 bits per heavy atom. The van der Waals surface area contributed by atoms with Gasteiger partial charge in [0, 0.05) is 18.8 Å². The highest BCUT2D eigenvalue weighted by molar-refractivity contribution is 8.01. The smallest absolute Gasteiger partial charge is 0.235 e. The minimum atomic E-state index is -0.349. The van der Waals surface area contributed by atoms with Crippen LogP contribution in [0.4, 0.5) is 10.1 Å². The van der Waals surface area contributed by atoms with E-state index in [0.29, 0.717) is 24.7 Å². The number of nitrogens with one attached hydrogen (secondary N) is 1. The van der Waals surface area contributed by atoms with Gasteiger partial charge in [-0.3, -0.25) is 9.59 Å². The Kier molecular flexibility index (Phi) is 8.52. The summed E-state index contributed by atoms with van der Waals surface area (Å²) in [5, 5.41) is 2.41. The topological polar surface area (TPSA) is 75.4 Å². The summed E-state index contributed by atoms with van der Waals surface area (Å²) in [5.74, 6) is 0.0669. The molecule has 2 atom stereocenters. The summed E-state index contributed by atoms with van der Waals surface area (Å²) in [5.41, 5.74) is 6.18. The minimum absolute atomic E-state index is 0. The summed E-state index contributed by atoms with van der Waals surface area (Å²) in [6.45, 7) is 3.87. The second-order valence-electron chi connectivity index (χ2n) is 5.68. The lowest BCUT2D eigenvalue weighted by molar-refractivity contribution is -0.129. The maximum Gasteiger partial charge on any atom is 0.235 e. The molecule has 0 aromatic heterocycles. The number of rotatable bonds is 6. The number of carbonyl (C=O) groups excluding carboxylic acids is 2. The van der Waals surface area contributed by atoms with Crippen LogP contribution in [-0.4, -0.2) is 47.4 Å². The highest BCUT2D eigenvalue weighted by Crippen LogP contribution is 2.20. The SMILES string of the molecule is CC(SCC(=O)Nc1ccc(F)cc1)C(=O)N1CCC(CN)C1.Cl. The van der Waals surface area contributed by atoms with Gasteiger partial charge in [0.1, 0.15) is 5.82 Å². The third kappa shape index (κ3) is 5.96. The second kappa shape index (κ2) is 9.86. The molecule has 1 aromatic carbocycles. The predicted molar refractivity (Wildman–Crippen MR) is 97.9 cm³/mol. The van der Waals surface area contributed by atoms with E-state index in [9.17, 15) is 14.0 Å². The molecule has 1 aromatic rings. The number of nitrogens with zero attached hydrogens (tertiary/aromatic N) is 1. The number of likely N-dealkylation sites (tertiary alicyclic amines) is 1. The molecule has 0 radical (unpaired) electrons. The number of carbonyl (C=O) groups is 2. The van der Waals surface area contributed by atoms with Gasteiger partial charge in [-0.2, -0.15) is 0 Å². The lowest BCUT2D eigenvalue weighted by Crippen LogP contribution is -2.36. The summed E-state index contributed by atoms with van der Waals surface area (Å²) in [6, 6.07) is 5.58. The van der Waals surface area contributed by atoms with Crippen LogP contribution < -0.4 is 11.1 Å². The van der Waals surface area contributed by atoms with Gasteiger partial charge in [-0.25, -0.2) is 4.39 Å². The highest BCUT2D eigenvalue weighted by atomic mass is 35.5. The number of benzene rings is 1. The summed E-state index contributed by atoms with van der Waals surface area (Å²) in [7, 11) is 0. The Morgan fingerprint density at radius 3 is 2.67 bits per heavy atom. The van der Waals surface area contributed by atoms with E-state index in [-0.39, 0.29) is 41.0 Å². The molecule has 0 aliphatic carbocycles. The number of nitrogens with two attached hydrogens (primary N) is 1. The third-order valence-corrected chi connectivity index (χ3v) is 5.00. The van der Waals surface area contributed by atoms with Crippen molar-refractivity contribution in [3.63, 3.8) is 0 Å². The summed E-state index contributed by atoms with van der Waals surface area (Å²) >= 11 is 1.30. The highest BCUT2D eigenvalue weighted by Gasteiger charge is 2.28. The Morgan fingerprint density at radius 2 is 2.08 bits per heavy atom. The van der Waals surface area contributed by atoms with E-state index in [0.717, 1.165) is 13.0 Å². The summed E-state index contributed by atoms with van der Waals surface area (Å²) < 4.78 is 12.8. The van der Waals surface area contributed by atoms with Crippen LogP contribution in [0.1, 0.15) is 13.3 Å². The average Bonchev–Trinajstić information content (AvgIpc) is 3.03. The van der Waals surface area contributed by atoms with Crippen LogP contribution >= 0.6 is 24.2 Å². The van der Waals surface area contributed by atoms with Gasteiger partial charge in [-0.1, -0.05) is 0 Å². The zero-order valence-electron chi connectivity index (χ0n) is 13.5. The number of thioether (sulfide) groups is 1. The number of hydrogen-bond donors (Lipinski definition) is 2. The molecule has 1 saturated heterocycles. The van der Waals surface area contributed by atoms with Crippen molar-refractivity contribution in [3.05, 3.63) is 30.1 Å². The van der Waals surface area contributed by atoms with Crippen LogP contribution in [0.2, 0.25) is 0 Å². The summed E-state index contributed by atoms with van der Waals surface area (Å²) in [6.07, 6.45) is 0.949. The fraction of sp³-hybridized carbons (Fsp3) is 0.500. The van der Waals surface area contributed by atoms with Crippen LogP contribution in [0.5, 0.6) is 0 Å². The molecule has 134 valence electrons. The molecule has 1 aliphatic heterocycles. The van der Waals surface area contributed by atoms with Gasteiger partial charge in [0.05, 0.1) is 11.0 Å². The number of amides is 2. The van der Waals surface area contributed by atoms with E-state index in [1.165, 1.54) is 36.0 Å². The molecule has 0 saturated carbocycles. The van der Waals surface area contributed by atoms with Crippen molar-refractivity contribution in [1.29, 1.82) is 0 Å². The Bertz CT molecular complexity index is 559. The molecule has 1 aliphatic rings. The first kappa shape index (κ1) is 20.7. The first-order chi connectivity index (χ1) is 11.0. The van der Waals surface area contributed by atoms with E-state index in [2.05, 4.69) is 5.32 Å². The second-order valence-corrected chi connectivity index (χ2v) is 7.01. The zero-order valence-corrected chi connectivity index (χ0v) is 15.2. The predicted octanol–water partition coefficient (Wildman–Crippen LogP) is 2.11. The number of hydrogen-bond acceptors (Lipinski definition) is 4. The van der Waals surface area contributed by atoms with Gasteiger partial charge < -0.3 is 16.0 Å². The van der Waals surface area contributed by atoms with E-state index < -0.39 is 0 Å². The average molecular weight is 376 g/mol. The number of halogens is 2. The fourth-order valence-electron chi connectivity index (χ4n) is 2.48. The van der Waals surface area contributed by atoms with Crippen LogP contribution in [0.3, 0.4) is 0 Å². The Balaban J connectivity index is 0.00000288. The largest absolute Gasteiger partial charge is 0.341 e. The van der Waals surface area contributed by atoms with Crippen molar-refractivity contribution in [2.75, 3.05) is 30.7 Å². The van der Waals surface area contributed by atoms with E-state index in [4.69, 9.17) is 5.73 Å². The van der Waals surface area contributed by atoms with E-state index in [1.807, 2.05) is 11.8 Å². The minimum Gasteiger partial charge on any atom is -0.341 e. The first-order valence-corrected chi connectivity index (χ1v) is 8.70.